The van der Waals surface area contributed by atoms with E-state index in [4.69, 9.17) is 0 Å². The molecule has 0 fully saturated rings. The largest absolute Gasteiger partial charge is 0.469 e. The number of methoxy groups -OCH3 is 1. The summed E-state index contributed by atoms with van der Waals surface area (Å²) in [7, 11) is 1.29. The molecule has 0 aliphatic heterocycles. The van der Waals surface area contributed by atoms with Crippen LogP contribution in [0.5, 0.6) is 0 Å². The first-order valence-electron chi connectivity index (χ1n) is 5.57. The predicted octanol–water partition coefficient (Wildman–Crippen LogP) is 2.32. The number of Topliss-reactive ketones (excluding diaryl/α,β-unsaturated/α-hetero) is 1. The molecule has 0 radical (unpaired) electrons. The first-order chi connectivity index (χ1) is 9.02. The first-order valence-corrected chi connectivity index (χ1v) is 6.39. The lowest BCUT2D eigenvalue weighted by Crippen LogP contribution is -2.08. The molecule has 19 heavy (non-hydrogen) atoms. The number of carbonyl (C=O) groups excluding carboxylic acids is 2. The normalized spacial score (nSPS) is 10.7. The van der Waals surface area contributed by atoms with Crippen LogP contribution in [-0.4, -0.2) is 38.5 Å². The van der Waals surface area contributed by atoms with E-state index in [0.717, 1.165) is 4.88 Å². The zero-order valence-corrected chi connectivity index (χ0v) is 11.2. The molecule has 0 aromatic carbocycles. The summed E-state index contributed by atoms with van der Waals surface area (Å²) in [4.78, 5) is 23.9. The van der Waals surface area contributed by atoms with Gasteiger partial charge < -0.3 is 9.47 Å². The summed E-state index contributed by atoms with van der Waals surface area (Å²) in [6, 6.07) is 3.28. The SMILES string of the molecule is COC(=O)Cc1ccc(C(=O)CCOCC(F)F)s1. The summed E-state index contributed by atoms with van der Waals surface area (Å²) in [5.41, 5.74) is 0. The molecule has 1 rings (SSSR count). The van der Waals surface area contributed by atoms with Crippen LogP contribution >= 0.6 is 11.3 Å². The van der Waals surface area contributed by atoms with Crippen molar-refractivity contribution in [2.45, 2.75) is 19.3 Å². The molecule has 106 valence electrons. The maximum Gasteiger partial charge on any atom is 0.310 e. The van der Waals surface area contributed by atoms with Crippen molar-refractivity contribution in [2.24, 2.45) is 0 Å². The van der Waals surface area contributed by atoms with Gasteiger partial charge in [0.15, 0.2) is 5.78 Å². The van der Waals surface area contributed by atoms with E-state index in [2.05, 4.69) is 9.47 Å². The molecule has 0 bridgehead atoms. The number of thiophene rings is 1. The van der Waals surface area contributed by atoms with Crippen molar-refractivity contribution in [1.82, 2.24) is 0 Å². The van der Waals surface area contributed by atoms with Crippen LogP contribution in [0.1, 0.15) is 21.0 Å². The fourth-order valence-corrected chi connectivity index (χ4v) is 2.26. The fourth-order valence-electron chi connectivity index (χ4n) is 1.30. The molecule has 0 aliphatic rings. The molecule has 1 heterocycles. The Morgan fingerprint density at radius 3 is 2.74 bits per heavy atom. The Kier molecular flexibility index (Phi) is 6.58. The Hall–Kier alpha value is -1.34. The van der Waals surface area contributed by atoms with Crippen LogP contribution < -0.4 is 0 Å². The van der Waals surface area contributed by atoms with Crippen LogP contribution in [0.3, 0.4) is 0 Å². The number of alkyl halides is 2. The molecule has 0 saturated heterocycles. The molecule has 7 heteroatoms. The van der Waals surface area contributed by atoms with Crippen molar-refractivity contribution in [2.75, 3.05) is 20.3 Å². The maximum atomic E-state index is 11.8. The zero-order valence-electron chi connectivity index (χ0n) is 10.4. The highest BCUT2D eigenvalue weighted by molar-refractivity contribution is 7.14. The molecule has 0 atom stereocenters. The molecule has 0 amide bonds. The number of hydrogen-bond donors (Lipinski definition) is 0. The first kappa shape index (κ1) is 15.7. The molecular weight excluding hydrogens is 278 g/mol. The second-order valence-electron chi connectivity index (χ2n) is 3.66. The van der Waals surface area contributed by atoms with Gasteiger partial charge in [0.1, 0.15) is 6.61 Å². The van der Waals surface area contributed by atoms with Crippen molar-refractivity contribution in [3.63, 3.8) is 0 Å². The summed E-state index contributed by atoms with van der Waals surface area (Å²) >= 11 is 1.19. The van der Waals surface area contributed by atoms with Crippen molar-refractivity contribution in [3.05, 3.63) is 21.9 Å². The quantitative estimate of drug-likeness (QED) is 0.419. The van der Waals surface area contributed by atoms with Crippen molar-refractivity contribution in [1.29, 1.82) is 0 Å². The Balaban J connectivity index is 2.38. The predicted molar refractivity (Wildman–Crippen MR) is 65.8 cm³/mol. The average molecular weight is 292 g/mol. The Bertz CT molecular complexity index is 431. The lowest BCUT2D eigenvalue weighted by molar-refractivity contribution is -0.139. The minimum absolute atomic E-state index is 0.0343. The van der Waals surface area contributed by atoms with E-state index in [-0.39, 0.29) is 31.2 Å². The van der Waals surface area contributed by atoms with E-state index in [0.29, 0.717) is 4.88 Å². The van der Waals surface area contributed by atoms with Gasteiger partial charge in [0.2, 0.25) is 0 Å². The third-order valence-electron chi connectivity index (χ3n) is 2.20. The zero-order chi connectivity index (χ0) is 14.3. The second kappa shape index (κ2) is 7.96. The number of rotatable bonds is 8. The van der Waals surface area contributed by atoms with Gasteiger partial charge in [0.25, 0.3) is 6.43 Å². The standard InChI is InChI=1S/C12H14F2O4S/c1-17-12(16)6-8-2-3-10(19-8)9(15)4-5-18-7-11(13)14/h2-3,11H,4-7H2,1H3. The number of ether oxygens (including phenoxy) is 2. The lowest BCUT2D eigenvalue weighted by Gasteiger charge is -2.01. The lowest BCUT2D eigenvalue weighted by atomic mass is 10.2. The Morgan fingerprint density at radius 2 is 2.11 bits per heavy atom. The molecule has 0 aliphatic carbocycles. The van der Waals surface area contributed by atoms with Crippen LogP contribution in [0.2, 0.25) is 0 Å². The summed E-state index contributed by atoms with van der Waals surface area (Å²) in [6.45, 7) is -0.696. The molecule has 1 aromatic rings. The highest BCUT2D eigenvalue weighted by Crippen LogP contribution is 2.19. The minimum Gasteiger partial charge on any atom is -0.469 e. The molecule has 4 nitrogen and oxygen atoms in total. The number of carbonyl (C=O) groups is 2. The van der Waals surface area contributed by atoms with Gasteiger partial charge in [-0.05, 0) is 12.1 Å². The third-order valence-corrected chi connectivity index (χ3v) is 3.33. The van der Waals surface area contributed by atoms with Gasteiger partial charge in [0, 0.05) is 11.3 Å². The van der Waals surface area contributed by atoms with E-state index in [1.54, 1.807) is 12.1 Å². The highest BCUT2D eigenvalue weighted by Gasteiger charge is 2.12. The molecular formula is C12H14F2O4S. The van der Waals surface area contributed by atoms with Gasteiger partial charge in [-0.25, -0.2) is 8.78 Å². The summed E-state index contributed by atoms with van der Waals surface area (Å²) in [5.74, 6) is -0.559. The third kappa shape index (κ3) is 5.89. The summed E-state index contributed by atoms with van der Waals surface area (Å²) in [6.07, 6.45) is -2.36. The van der Waals surface area contributed by atoms with E-state index in [1.807, 2.05) is 0 Å². The molecule has 1 aromatic heterocycles. The number of halogens is 2. The second-order valence-corrected chi connectivity index (χ2v) is 4.83. The van der Waals surface area contributed by atoms with Crippen LogP contribution in [0.25, 0.3) is 0 Å². The maximum absolute atomic E-state index is 11.8. The van der Waals surface area contributed by atoms with Gasteiger partial charge in [-0.1, -0.05) is 0 Å². The highest BCUT2D eigenvalue weighted by atomic mass is 32.1. The number of hydrogen-bond acceptors (Lipinski definition) is 5. The van der Waals surface area contributed by atoms with E-state index in [9.17, 15) is 18.4 Å². The monoisotopic (exact) mass is 292 g/mol. The van der Waals surface area contributed by atoms with Crippen LogP contribution in [-0.2, 0) is 20.7 Å². The van der Waals surface area contributed by atoms with Crippen molar-refractivity contribution >= 4 is 23.1 Å². The Morgan fingerprint density at radius 1 is 1.37 bits per heavy atom. The topological polar surface area (TPSA) is 52.6 Å². The van der Waals surface area contributed by atoms with E-state index in [1.165, 1.54) is 18.4 Å². The summed E-state index contributed by atoms with van der Waals surface area (Å²) in [5, 5.41) is 0. The summed E-state index contributed by atoms with van der Waals surface area (Å²) < 4.78 is 32.7. The number of ketones is 1. The minimum atomic E-state index is -2.52. The van der Waals surface area contributed by atoms with Crippen molar-refractivity contribution < 1.29 is 27.8 Å². The van der Waals surface area contributed by atoms with Gasteiger partial charge in [0.05, 0.1) is 25.0 Å². The van der Waals surface area contributed by atoms with E-state index < -0.39 is 13.0 Å². The van der Waals surface area contributed by atoms with Crippen molar-refractivity contribution in [3.8, 4) is 0 Å². The van der Waals surface area contributed by atoms with Gasteiger partial charge in [-0.3, -0.25) is 9.59 Å². The molecule has 0 spiro atoms. The van der Waals surface area contributed by atoms with Crippen LogP contribution in [0.4, 0.5) is 8.78 Å². The fraction of sp³-hybridized carbons (Fsp3) is 0.500. The Labute approximate surface area is 113 Å². The average Bonchev–Trinajstić information content (AvgIpc) is 2.82. The van der Waals surface area contributed by atoms with Gasteiger partial charge >= 0.3 is 5.97 Å². The smallest absolute Gasteiger partial charge is 0.310 e. The number of esters is 1. The van der Waals surface area contributed by atoms with E-state index >= 15 is 0 Å². The molecule has 0 unspecified atom stereocenters. The molecule has 0 saturated carbocycles. The van der Waals surface area contributed by atoms with Gasteiger partial charge in [-0.2, -0.15) is 0 Å². The van der Waals surface area contributed by atoms with Gasteiger partial charge in [-0.15, -0.1) is 11.3 Å². The van der Waals surface area contributed by atoms with Crippen LogP contribution in [0.15, 0.2) is 12.1 Å². The molecule has 0 N–H and O–H groups in total. The van der Waals surface area contributed by atoms with Crippen LogP contribution in [0, 0.1) is 0 Å².